The van der Waals surface area contributed by atoms with Gasteiger partial charge in [-0.1, -0.05) is 18.8 Å². The van der Waals surface area contributed by atoms with Crippen molar-refractivity contribution in [2.24, 2.45) is 0 Å². The summed E-state index contributed by atoms with van der Waals surface area (Å²) in [7, 11) is 2.00. The minimum atomic E-state index is -0.742. The highest BCUT2D eigenvalue weighted by molar-refractivity contribution is 7.09. The zero-order valence-corrected chi connectivity index (χ0v) is 14.8. The van der Waals surface area contributed by atoms with E-state index in [4.69, 9.17) is 11.4 Å². The summed E-state index contributed by atoms with van der Waals surface area (Å²) in [6, 6.07) is 0.753. The molecule has 2 fully saturated rings. The van der Waals surface area contributed by atoms with E-state index in [0.717, 1.165) is 49.2 Å². The molecule has 1 aliphatic carbocycles. The lowest BCUT2D eigenvalue weighted by molar-refractivity contribution is -0.0379. The quantitative estimate of drug-likeness (QED) is 0.840. The highest BCUT2D eigenvalue weighted by Crippen LogP contribution is 2.36. The fraction of sp³-hybridized carbons (Fsp3) is 0.722. The van der Waals surface area contributed by atoms with Crippen LogP contribution in [-0.4, -0.2) is 52.6 Å². The molecule has 1 saturated heterocycles. The van der Waals surface area contributed by atoms with Crippen molar-refractivity contribution in [1.82, 2.24) is 14.8 Å². The van der Waals surface area contributed by atoms with E-state index >= 15 is 0 Å². The molecule has 0 atom stereocenters. The molecule has 2 aliphatic rings. The molecule has 126 valence electrons. The average Bonchev–Trinajstić information content (AvgIpc) is 3.20. The van der Waals surface area contributed by atoms with E-state index in [1.165, 1.54) is 25.7 Å². The van der Waals surface area contributed by atoms with E-state index < -0.39 is 5.60 Å². The van der Waals surface area contributed by atoms with E-state index in [1.54, 1.807) is 11.3 Å². The van der Waals surface area contributed by atoms with Crippen molar-refractivity contribution in [2.75, 3.05) is 26.7 Å². The van der Waals surface area contributed by atoms with E-state index in [9.17, 15) is 5.11 Å². The van der Waals surface area contributed by atoms with Gasteiger partial charge in [0.15, 0.2) is 0 Å². The Morgan fingerprint density at radius 1 is 1.43 bits per heavy atom. The number of nitrogens with zero attached hydrogens (tertiary/aromatic N) is 3. The number of rotatable bonds is 5. The molecule has 23 heavy (non-hydrogen) atoms. The Hall–Kier alpha value is -0.930. The van der Waals surface area contributed by atoms with Crippen LogP contribution in [0.25, 0.3) is 0 Å². The predicted molar refractivity (Wildman–Crippen MR) is 94.2 cm³/mol. The van der Waals surface area contributed by atoms with Crippen LogP contribution in [0, 0.1) is 12.3 Å². The summed E-state index contributed by atoms with van der Waals surface area (Å²) in [6.45, 7) is 3.35. The molecular weight excluding hydrogens is 306 g/mol. The molecule has 0 aromatic carbocycles. The third-order valence-corrected chi connectivity index (χ3v) is 6.09. The topological polar surface area (TPSA) is 39.6 Å². The molecule has 2 heterocycles. The molecular formula is C18H27N3OS. The normalized spacial score (nSPS) is 22.5. The zero-order chi connectivity index (χ0) is 16.3. The van der Waals surface area contributed by atoms with Crippen molar-refractivity contribution in [3.8, 4) is 12.3 Å². The Morgan fingerprint density at radius 2 is 2.13 bits per heavy atom. The van der Waals surface area contributed by atoms with Crippen LogP contribution in [0.2, 0.25) is 0 Å². The maximum atomic E-state index is 11.0. The summed E-state index contributed by atoms with van der Waals surface area (Å²) < 4.78 is 0. The first kappa shape index (κ1) is 16.9. The minimum Gasteiger partial charge on any atom is -0.383 e. The van der Waals surface area contributed by atoms with Gasteiger partial charge in [-0.15, -0.1) is 17.8 Å². The van der Waals surface area contributed by atoms with Gasteiger partial charge in [0.2, 0.25) is 0 Å². The van der Waals surface area contributed by atoms with Crippen LogP contribution in [0.15, 0.2) is 5.38 Å². The molecule has 5 heteroatoms. The van der Waals surface area contributed by atoms with E-state index in [-0.39, 0.29) is 0 Å². The van der Waals surface area contributed by atoms with Crippen LogP contribution < -0.4 is 0 Å². The second kappa shape index (κ2) is 7.31. The standard InChI is InChI=1S/C18H27N3OS/c1-3-10-20(2)13-17-19-16(14-23-17)18(22)8-11-21(12-9-18)15-6-4-5-7-15/h1,14-15,22H,4-13H2,2H3. The van der Waals surface area contributed by atoms with Gasteiger partial charge in [-0.05, 0) is 32.7 Å². The monoisotopic (exact) mass is 333 g/mol. The van der Waals surface area contributed by atoms with Crippen LogP contribution in [0.4, 0.5) is 0 Å². The van der Waals surface area contributed by atoms with Gasteiger partial charge in [-0.2, -0.15) is 0 Å². The number of aliphatic hydroxyl groups is 1. The molecule has 1 N–H and O–H groups in total. The van der Waals surface area contributed by atoms with Crippen LogP contribution in [0.1, 0.15) is 49.2 Å². The van der Waals surface area contributed by atoms with Gasteiger partial charge in [0.1, 0.15) is 10.6 Å². The minimum absolute atomic E-state index is 0.621. The van der Waals surface area contributed by atoms with Gasteiger partial charge in [0, 0.05) is 24.5 Å². The van der Waals surface area contributed by atoms with Gasteiger partial charge in [-0.25, -0.2) is 4.98 Å². The number of thiazole rings is 1. The molecule has 1 aromatic heterocycles. The van der Waals surface area contributed by atoms with Crippen LogP contribution in [-0.2, 0) is 12.1 Å². The molecule has 1 aromatic rings. The maximum absolute atomic E-state index is 11.0. The first-order chi connectivity index (χ1) is 11.1. The Morgan fingerprint density at radius 3 is 2.78 bits per heavy atom. The average molecular weight is 334 g/mol. The number of hydrogen-bond donors (Lipinski definition) is 1. The molecule has 1 saturated carbocycles. The van der Waals surface area contributed by atoms with Gasteiger partial charge >= 0.3 is 0 Å². The summed E-state index contributed by atoms with van der Waals surface area (Å²) in [4.78, 5) is 9.33. The Kier molecular flexibility index (Phi) is 5.38. The number of hydrogen-bond acceptors (Lipinski definition) is 5. The lowest BCUT2D eigenvalue weighted by atomic mass is 9.88. The summed E-state index contributed by atoms with van der Waals surface area (Å²) in [5, 5.41) is 14.1. The third kappa shape index (κ3) is 3.95. The fourth-order valence-electron chi connectivity index (χ4n) is 3.82. The second-order valence-electron chi connectivity index (χ2n) is 7.01. The van der Waals surface area contributed by atoms with Gasteiger partial charge in [0.25, 0.3) is 0 Å². The molecule has 0 bridgehead atoms. The number of likely N-dealkylation sites (tertiary alicyclic amines) is 1. The number of terminal acetylenes is 1. The Labute approximate surface area is 143 Å². The van der Waals surface area contributed by atoms with Gasteiger partial charge in [-0.3, -0.25) is 4.90 Å². The van der Waals surface area contributed by atoms with Crippen LogP contribution >= 0.6 is 11.3 Å². The summed E-state index contributed by atoms with van der Waals surface area (Å²) in [5.41, 5.74) is 0.117. The van der Waals surface area contributed by atoms with Crippen molar-refractivity contribution >= 4 is 11.3 Å². The van der Waals surface area contributed by atoms with Crippen LogP contribution in [0.5, 0.6) is 0 Å². The number of aromatic nitrogens is 1. The van der Waals surface area contributed by atoms with E-state index in [0.29, 0.717) is 6.54 Å². The summed E-state index contributed by atoms with van der Waals surface area (Å²) in [5.74, 6) is 2.64. The van der Waals surface area contributed by atoms with Crippen molar-refractivity contribution < 1.29 is 5.11 Å². The summed E-state index contributed by atoms with van der Waals surface area (Å²) in [6.07, 6.45) is 12.3. The maximum Gasteiger partial charge on any atom is 0.110 e. The molecule has 0 spiro atoms. The molecule has 1 aliphatic heterocycles. The van der Waals surface area contributed by atoms with Crippen molar-refractivity contribution in [3.63, 3.8) is 0 Å². The lowest BCUT2D eigenvalue weighted by Gasteiger charge is -2.40. The largest absolute Gasteiger partial charge is 0.383 e. The first-order valence-corrected chi connectivity index (χ1v) is 9.52. The first-order valence-electron chi connectivity index (χ1n) is 8.64. The number of piperidine rings is 1. The SMILES string of the molecule is C#CCN(C)Cc1nc(C2(O)CCN(C3CCCC3)CC2)cs1. The van der Waals surface area contributed by atoms with Crippen molar-refractivity contribution in [2.45, 2.75) is 56.7 Å². The van der Waals surface area contributed by atoms with Crippen molar-refractivity contribution in [1.29, 1.82) is 0 Å². The van der Waals surface area contributed by atoms with Gasteiger partial charge in [0.05, 0.1) is 18.8 Å². The molecule has 4 nitrogen and oxygen atoms in total. The Bertz CT molecular complexity index is 551. The molecule has 3 rings (SSSR count). The predicted octanol–water partition coefficient (Wildman–Crippen LogP) is 2.43. The van der Waals surface area contributed by atoms with Gasteiger partial charge < -0.3 is 10.0 Å². The molecule has 0 unspecified atom stereocenters. The fourth-order valence-corrected chi connectivity index (χ4v) is 4.79. The third-order valence-electron chi connectivity index (χ3n) is 5.26. The zero-order valence-electron chi connectivity index (χ0n) is 14.0. The van der Waals surface area contributed by atoms with E-state index in [2.05, 4.69) is 15.7 Å². The van der Waals surface area contributed by atoms with Crippen molar-refractivity contribution in [3.05, 3.63) is 16.1 Å². The van der Waals surface area contributed by atoms with E-state index in [1.807, 2.05) is 12.4 Å². The lowest BCUT2D eigenvalue weighted by Crippen LogP contribution is -2.46. The molecule has 0 amide bonds. The highest BCUT2D eigenvalue weighted by atomic mass is 32.1. The van der Waals surface area contributed by atoms with Crippen LogP contribution in [0.3, 0.4) is 0 Å². The summed E-state index contributed by atoms with van der Waals surface area (Å²) >= 11 is 1.63. The molecule has 0 radical (unpaired) electrons. The second-order valence-corrected chi connectivity index (χ2v) is 7.95. The highest BCUT2D eigenvalue weighted by Gasteiger charge is 2.38. The smallest absolute Gasteiger partial charge is 0.110 e. The Balaban J connectivity index is 1.58.